The van der Waals surface area contributed by atoms with Crippen LogP contribution in [0.15, 0.2) is 54.7 Å². The Morgan fingerprint density at radius 2 is 2.00 bits per heavy atom. The van der Waals surface area contributed by atoms with Crippen LogP contribution in [-0.2, 0) is 16.0 Å². The molecule has 1 unspecified atom stereocenters. The largest absolute Gasteiger partial charge is 0.474 e. The number of pyridine rings is 1. The fourth-order valence-electron chi connectivity index (χ4n) is 3.60. The Morgan fingerprint density at radius 1 is 1.20 bits per heavy atom. The van der Waals surface area contributed by atoms with Gasteiger partial charge in [-0.25, -0.2) is 4.98 Å². The summed E-state index contributed by atoms with van der Waals surface area (Å²) in [6.45, 7) is 1.97. The van der Waals surface area contributed by atoms with Crippen molar-refractivity contribution in [1.82, 2.24) is 9.88 Å². The smallest absolute Gasteiger partial charge is 0.227 e. The molecular formula is C20H22N2O3. The second kappa shape index (κ2) is 6.84. The normalized spacial score (nSPS) is 21.6. The maximum absolute atomic E-state index is 12.4. The molecule has 0 radical (unpaired) electrons. The number of carbonyl (C=O) groups excluding carboxylic acids is 1. The Labute approximate surface area is 147 Å². The van der Waals surface area contributed by atoms with Crippen molar-refractivity contribution in [2.45, 2.75) is 31.0 Å². The maximum Gasteiger partial charge on any atom is 0.227 e. The third-order valence-corrected chi connectivity index (χ3v) is 4.88. The predicted octanol–water partition coefficient (Wildman–Crippen LogP) is 2.46. The molecular weight excluding hydrogens is 316 g/mol. The number of amides is 1. The van der Waals surface area contributed by atoms with Crippen LogP contribution in [0.2, 0.25) is 0 Å². The Bertz CT molecular complexity index is 714. The SMILES string of the molecule is O=C(Cc1ccccc1)N1CC2(CC(Oc3ccccn3)CCO2)C1. The lowest BCUT2D eigenvalue weighted by Crippen LogP contribution is -2.67. The number of hydrogen-bond donors (Lipinski definition) is 0. The van der Waals surface area contributed by atoms with Crippen LogP contribution in [0.3, 0.4) is 0 Å². The molecule has 5 heteroatoms. The highest BCUT2D eigenvalue weighted by Gasteiger charge is 2.49. The molecule has 25 heavy (non-hydrogen) atoms. The summed E-state index contributed by atoms with van der Waals surface area (Å²) in [7, 11) is 0. The lowest BCUT2D eigenvalue weighted by Gasteiger charge is -2.52. The molecule has 1 aromatic heterocycles. The Kier molecular flexibility index (Phi) is 4.40. The monoisotopic (exact) mass is 338 g/mol. The summed E-state index contributed by atoms with van der Waals surface area (Å²) in [5.74, 6) is 0.814. The van der Waals surface area contributed by atoms with Gasteiger partial charge in [-0.1, -0.05) is 36.4 Å². The number of hydrogen-bond acceptors (Lipinski definition) is 4. The van der Waals surface area contributed by atoms with Crippen molar-refractivity contribution in [2.24, 2.45) is 0 Å². The van der Waals surface area contributed by atoms with E-state index >= 15 is 0 Å². The van der Waals surface area contributed by atoms with Crippen molar-refractivity contribution in [1.29, 1.82) is 0 Å². The molecule has 1 atom stereocenters. The third-order valence-electron chi connectivity index (χ3n) is 4.88. The first-order chi connectivity index (χ1) is 12.2. The molecule has 1 amide bonds. The van der Waals surface area contributed by atoms with E-state index in [-0.39, 0.29) is 17.6 Å². The van der Waals surface area contributed by atoms with Gasteiger partial charge in [0, 0.05) is 25.1 Å². The first-order valence-electron chi connectivity index (χ1n) is 8.76. The van der Waals surface area contributed by atoms with E-state index in [1.165, 1.54) is 0 Å². The highest BCUT2D eigenvalue weighted by molar-refractivity contribution is 5.79. The van der Waals surface area contributed by atoms with E-state index < -0.39 is 0 Å². The predicted molar refractivity (Wildman–Crippen MR) is 93.3 cm³/mol. The summed E-state index contributed by atoms with van der Waals surface area (Å²) in [5.41, 5.74) is 0.804. The van der Waals surface area contributed by atoms with Crippen molar-refractivity contribution in [3.05, 3.63) is 60.3 Å². The number of rotatable bonds is 4. The Hall–Kier alpha value is -2.40. The standard InChI is InChI=1S/C20H22N2O3/c23-19(12-16-6-2-1-3-7-16)22-14-20(15-22)13-17(9-11-24-20)25-18-8-4-5-10-21-18/h1-8,10,17H,9,11-15H2. The molecule has 2 fully saturated rings. The molecule has 0 saturated carbocycles. The van der Waals surface area contributed by atoms with Crippen molar-refractivity contribution in [3.63, 3.8) is 0 Å². The van der Waals surface area contributed by atoms with Crippen LogP contribution in [0.1, 0.15) is 18.4 Å². The molecule has 0 bridgehead atoms. The molecule has 3 heterocycles. The Balaban J connectivity index is 1.31. The summed E-state index contributed by atoms with van der Waals surface area (Å²) in [4.78, 5) is 18.5. The van der Waals surface area contributed by atoms with E-state index in [1.807, 2.05) is 53.4 Å². The highest BCUT2D eigenvalue weighted by atomic mass is 16.5. The van der Waals surface area contributed by atoms with E-state index in [1.54, 1.807) is 6.20 Å². The number of carbonyl (C=O) groups is 1. The van der Waals surface area contributed by atoms with Crippen LogP contribution in [0.5, 0.6) is 5.88 Å². The molecule has 0 aliphatic carbocycles. The van der Waals surface area contributed by atoms with Gasteiger partial charge in [-0.2, -0.15) is 0 Å². The molecule has 1 aromatic carbocycles. The van der Waals surface area contributed by atoms with E-state index in [4.69, 9.17) is 9.47 Å². The van der Waals surface area contributed by atoms with Crippen LogP contribution in [0.25, 0.3) is 0 Å². The van der Waals surface area contributed by atoms with Crippen molar-refractivity contribution in [2.75, 3.05) is 19.7 Å². The van der Waals surface area contributed by atoms with E-state index in [2.05, 4.69) is 4.98 Å². The zero-order chi connectivity index (χ0) is 17.1. The highest BCUT2D eigenvalue weighted by Crippen LogP contribution is 2.35. The third kappa shape index (κ3) is 3.66. The van der Waals surface area contributed by atoms with E-state index in [0.717, 1.165) is 18.4 Å². The minimum absolute atomic E-state index is 0.0926. The Morgan fingerprint density at radius 3 is 2.76 bits per heavy atom. The second-order valence-electron chi connectivity index (χ2n) is 6.84. The number of likely N-dealkylation sites (tertiary alicyclic amines) is 1. The van der Waals surface area contributed by atoms with Crippen LogP contribution < -0.4 is 4.74 Å². The zero-order valence-electron chi connectivity index (χ0n) is 14.1. The lowest BCUT2D eigenvalue weighted by atomic mass is 9.84. The first-order valence-corrected chi connectivity index (χ1v) is 8.76. The zero-order valence-corrected chi connectivity index (χ0v) is 14.1. The van der Waals surface area contributed by atoms with Gasteiger partial charge in [0.2, 0.25) is 11.8 Å². The van der Waals surface area contributed by atoms with Crippen LogP contribution in [-0.4, -0.2) is 47.2 Å². The molecule has 2 aliphatic heterocycles. The number of nitrogens with zero attached hydrogens (tertiary/aromatic N) is 2. The number of benzene rings is 1. The van der Waals surface area contributed by atoms with Gasteiger partial charge in [-0.05, 0) is 11.6 Å². The summed E-state index contributed by atoms with van der Waals surface area (Å²) in [6.07, 6.45) is 3.94. The summed E-state index contributed by atoms with van der Waals surface area (Å²) >= 11 is 0. The number of ether oxygens (including phenoxy) is 2. The summed E-state index contributed by atoms with van der Waals surface area (Å²) in [6, 6.07) is 15.5. The molecule has 0 N–H and O–H groups in total. The summed E-state index contributed by atoms with van der Waals surface area (Å²) in [5, 5.41) is 0. The lowest BCUT2D eigenvalue weighted by molar-refractivity contribution is -0.193. The molecule has 2 aliphatic rings. The van der Waals surface area contributed by atoms with Gasteiger partial charge in [0.15, 0.2) is 0 Å². The van der Waals surface area contributed by atoms with Gasteiger partial charge >= 0.3 is 0 Å². The van der Waals surface area contributed by atoms with Gasteiger partial charge in [0.05, 0.1) is 26.1 Å². The van der Waals surface area contributed by atoms with Gasteiger partial charge in [-0.3, -0.25) is 4.79 Å². The molecule has 4 rings (SSSR count). The quantitative estimate of drug-likeness (QED) is 0.859. The fraction of sp³-hybridized carbons (Fsp3) is 0.400. The minimum Gasteiger partial charge on any atom is -0.474 e. The van der Waals surface area contributed by atoms with Gasteiger partial charge in [0.25, 0.3) is 0 Å². The minimum atomic E-state index is -0.246. The second-order valence-corrected chi connectivity index (χ2v) is 6.84. The van der Waals surface area contributed by atoms with Crippen LogP contribution in [0.4, 0.5) is 0 Å². The average Bonchev–Trinajstić information content (AvgIpc) is 2.61. The van der Waals surface area contributed by atoms with Gasteiger partial charge in [-0.15, -0.1) is 0 Å². The molecule has 1 spiro atoms. The first kappa shape index (κ1) is 16.1. The fourth-order valence-corrected chi connectivity index (χ4v) is 3.60. The number of aromatic nitrogens is 1. The van der Waals surface area contributed by atoms with E-state index in [9.17, 15) is 4.79 Å². The van der Waals surface area contributed by atoms with Crippen molar-refractivity contribution in [3.8, 4) is 5.88 Å². The van der Waals surface area contributed by atoms with Crippen LogP contribution in [0, 0.1) is 0 Å². The van der Waals surface area contributed by atoms with Crippen LogP contribution >= 0.6 is 0 Å². The van der Waals surface area contributed by atoms with E-state index in [0.29, 0.717) is 32.0 Å². The maximum atomic E-state index is 12.4. The molecule has 2 aromatic rings. The van der Waals surface area contributed by atoms with Gasteiger partial charge < -0.3 is 14.4 Å². The molecule has 130 valence electrons. The molecule has 2 saturated heterocycles. The van der Waals surface area contributed by atoms with Crippen molar-refractivity contribution >= 4 is 5.91 Å². The molecule has 5 nitrogen and oxygen atoms in total. The summed E-state index contributed by atoms with van der Waals surface area (Å²) < 4.78 is 12.0. The van der Waals surface area contributed by atoms with Gasteiger partial charge in [0.1, 0.15) is 11.7 Å². The van der Waals surface area contributed by atoms with Crippen molar-refractivity contribution < 1.29 is 14.3 Å². The average molecular weight is 338 g/mol. The topological polar surface area (TPSA) is 51.7 Å².